The molecule has 8 nitrogen and oxygen atoms in total. The number of rotatable bonds is 10. The van der Waals surface area contributed by atoms with Crippen molar-refractivity contribution >= 4 is 39.9 Å². The molecule has 208 valence electrons. The standard InChI is InChI=1S/C31H33FN4O4/c1-20(37)36(18-17-35(2)3)25-13-11-24(12-14-25)33-30(22-8-5-21(6-9-22)7-16-28(38)40-4)29-26-15-10-23(32)19-27(26)34-31(29)39/h5-6,8-15,19,34,39H,7,16-18H2,1-4H3. The van der Waals surface area contributed by atoms with Crippen molar-refractivity contribution in [3.63, 3.8) is 0 Å². The second-order valence-corrected chi connectivity index (χ2v) is 9.76. The van der Waals surface area contributed by atoms with Gasteiger partial charge in [0.1, 0.15) is 5.82 Å². The smallest absolute Gasteiger partial charge is 0.305 e. The Balaban J connectivity index is 1.75. The van der Waals surface area contributed by atoms with Gasteiger partial charge in [-0.25, -0.2) is 9.38 Å². The van der Waals surface area contributed by atoms with Gasteiger partial charge in [0.2, 0.25) is 5.91 Å². The summed E-state index contributed by atoms with van der Waals surface area (Å²) in [6.45, 7) is 2.81. The van der Waals surface area contributed by atoms with E-state index in [1.165, 1.54) is 26.2 Å². The van der Waals surface area contributed by atoms with Gasteiger partial charge < -0.3 is 24.6 Å². The number of fused-ring (bicyclic) bond motifs is 1. The molecule has 1 aromatic heterocycles. The van der Waals surface area contributed by atoms with Gasteiger partial charge in [-0.2, -0.15) is 0 Å². The van der Waals surface area contributed by atoms with Crippen molar-refractivity contribution in [3.8, 4) is 5.88 Å². The van der Waals surface area contributed by atoms with Crippen LogP contribution >= 0.6 is 0 Å². The number of methoxy groups -OCH3 is 1. The van der Waals surface area contributed by atoms with Gasteiger partial charge in [-0.1, -0.05) is 24.3 Å². The summed E-state index contributed by atoms with van der Waals surface area (Å²) in [7, 11) is 5.28. The van der Waals surface area contributed by atoms with E-state index in [1.54, 1.807) is 11.0 Å². The van der Waals surface area contributed by atoms with E-state index >= 15 is 0 Å². The van der Waals surface area contributed by atoms with Crippen LogP contribution in [0.2, 0.25) is 0 Å². The number of aromatic nitrogens is 1. The number of benzene rings is 3. The number of carbonyl (C=O) groups is 2. The Hall–Kier alpha value is -4.50. The van der Waals surface area contributed by atoms with E-state index < -0.39 is 5.82 Å². The molecule has 0 bridgehead atoms. The first-order valence-corrected chi connectivity index (χ1v) is 12.9. The molecule has 0 spiro atoms. The van der Waals surface area contributed by atoms with Crippen LogP contribution in [0.5, 0.6) is 5.88 Å². The predicted octanol–water partition coefficient (Wildman–Crippen LogP) is 5.20. The number of nitrogens with one attached hydrogen (secondary N) is 1. The number of ether oxygens (including phenoxy) is 1. The number of aromatic hydroxyl groups is 1. The van der Waals surface area contributed by atoms with E-state index in [2.05, 4.69) is 4.98 Å². The van der Waals surface area contributed by atoms with Crippen molar-refractivity contribution in [3.05, 3.63) is 89.2 Å². The van der Waals surface area contributed by atoms with E-state index in [0.717, 1.165) is 23.4 Å². The molecule has 0 saturated heterocycles. The van der Waals surface area contributed by atoms with E-state index in [-0.39, 0.29) is 24.2 Å². The van der Waals surface area contributed by atoms with E-state index in [4.69, 9.17) is 9.73 Å². The number of nitrogens with zero attached hydrogens (tertiary/aromatic N) is 3. The fraction of sp³-hybridized carbons (Fsp3) is 0.258. The number of amides is 1. The Kier molecular flexibility index (Phi) is 8.96. The van der Waals surface area contributed by atoms with Crippen molar-refractivity contribution in [2.24, 2.45) is 4.99 Å². The second-order valence-electron chi connectivity index (χ2n) is 9.76. The minimum atomic E-state index is -0.423. The van der Waals surface area contributed by atoms with Crippen LogP contribution in [0, 0.1) is 5.82 Å². The fourth-order valence-corrected chi connectivity index (χ4v) is 4.44. The highest BCUT2D eigenvalue weighted by molar-refractivity contribution is 6.21. The highest BCUT2D eigenvalue weighted by Crippen LogP contribution is 2.32. The van der Waals surface area contributed by atoms with Crippen LogP contribution in [0.4, 0.5) is 15.8 Å². The van der Waals surface area contributed by atoms with Crippen LogP contribution < -0.4 is 4.90 Å². The summed E-state index contributed by atoms with van der Waals surface area (Å²) < 4.78 is 18.6. The molecule has 4 aromatic rings. The quantitative estimate of drug-likeness (QED) is 0.211. The summed E-state index contributed by atoms with van der Waals surface area (Å²) in [6.07, 6.45) is 0.794. The number of aryl methyl sites for hydroxylation is 1. The number of halogens is 1. The number of aliphatic imine (C=N–C) groups is 1. The Bertz CT molecular complexity index is 1530. The molecule has 4 rings (SSSR count). The van der Waals surface area contributed by atoms with Crippen LogP contribution in [-0.2, 0) is 20.7 Å². The normalized spacial score (nSPS) is 11.7. The van der Waals surface area contributed by atoms with Gasteiger partial charge in [0.15, 0.2) is 5.88 Å². The van der Waals surface area contributed by atoms with Crippen molar-refractivity contribution in [2.75, 3.05) is 39.2 Å². The lowest BCUT2D eigenvalue weighted by Gasteiger charge is -2.23. The zero-order valence-corrected chi connectivity index (χ0v) is 23.1. The number of H-pyrrole nitrogens is 1. The van der Waals surface area contributed by atoms with Gasteiger partial charge in [0.05, 0.1) is 29.6 Å². The molecule has 0 unspecified atom stereocenters. The summed E-state index contributed by atoms with van der Waals surface area (Å²) >= 11 is 0. The molecule has 0 aliphatic heterocycles. The largest absolute Gasteiger partial charge is 0.494 e. The average Bonchev–Trinajstić information content (AvgIpc) is 3.25. The van der Waals surface area contributed by atoms with Crippen molar-refractivity contribution in [1.29, 1.82) is 0 Å². The van der Waals surface area contributed by atoms with Crippen molar-refractivity contribution < 1.29 is 23.8 Å². The Labute approximate surface area is 232 Å². The van der Waals surface area contributed by atoms with Gasteiger partial charge in [0, 0.05) is 43.1 Å². The maximum atomic E-state index is 13.9. The average molecular weight is 545 g/mol. The minimum Gasteiger partial charge on any atom is -0.494 e. The van der Waals surface area contributed by atoms with Gasteiger partial charge in [-0.05, 0) is 68.5 Å². The molecule has 0 aliphatic carbocycles. The van der Waals surface area contributed by atoms with E-state index in [0.29, 0.717) is 40.8 Å². The van der Waals surface area contributed by atoms with Crippen LogP contribution in [0.25, 0.3) is 10.9 Å². The first kappa shape index (κ1) is 28.5. The van der Waals surface area contributed by atoms with Crippen molar-refractivity contribution in [2.45, 2.75) is 19.8 Å². The second kappa shape index (κ2) is 12.6. The molecule has 0 aliphatic rings. The third kappa shape index (κ3) is 6.73. The third-order valence-electron chi connectivity index (χ3n) is 6.60. The molecule has 0 saturated carbocycles. The van der Waals surface area contributed by atoms with Crippen LogP contribution in [0.15, 0.2) is 71.7 Å². The highest BCUT2D eigenvalue weighted by atomic mass is 19.1. The number of likely N-dealkylation sites (N-methyl/N-ethyl adjacent to an activating group) is 1. The Morgan fingerprint density at radius 3 is 2.33 bits per heavy atom. The molecule has 0 radical (unpaired) electrons. The SMILES string of the molecule is COC(=O)CCc1ccc(C(=Nc2ccc(N(CCN(C)C)C(C)=O)cc2)c2c(O)[nH]c3cc(F)ccc23)cc1. The minimum absolute atomic E-state index is 0.0537. The number of hydrogen-bond donors (Lipinski definition) is 2. The predicted molar refractivity (Wildman–Crippen MR) is 155 cm³/mol. The molecule has 3 aromatic carbocycles. The maximum Gasteiger partial charge on any atom is 0.305 e. The highest BCUT2D eigenvalue weighted by Gasteiger charge is 2.20. The molecular formula is C31H33FN4O4. The lowest BCUT2D eigenvalue weighted by Crippen LogP contribution is -2.35. The number of carbonyl (C=O) groups excluding carboxylic acids is 2. The molecule has 0 fully saturated rings. The summed E-state index contributed by atoms with van der Waals surface area (Å²) in [6, 6.07) is 19.1. The molecule has 1 heterocycles. The summed E-state index contributed by atoms with van der Waals surface area (Å²) in [5.74, 6) is -0.886. The van der Waals surface area contributed by atoms with Crippen LogP contribution in [0.1, 0.15) is 30.0 Å². The Morgan fingerprint density at radius 1 is 1.00 bits per heavy atom. The van der Waals surface area contributed by atoms with Gasteiger partial charge >= 0.3 is 5.97 Å². The number of esters is 1. The van der Waals surface area contributed by atoms with Crippen LogP contribution in [-0.4, -0.2) is 66.9 Å². The molecule has 2 N–H and O–H groups in total. The molecule has 40 heavy (non-hydrogen) atoms. The molecule has 1 amide bonds. The molecule has 0 atom stereocenters. The lowest BCUT2D eigenvalue weighted by molar-refractivity contribution is -0.140. The third-order valence-corrected chi connectivity index (χ3v) is 6.60. The summed E-state index contributed by atoms with van der Waals surface area (Å²) in [5, 5.41) is 11.5. The Morgan fingerprint density at radius 2 is 1.70 bits per heavy atom. The topological polar surface area (TPSA) is 98.2 Å². The van der Waals surface area contributed by atoms with Gasteiger partial charge in [0.25, 0.3) is 0 Å². The van der Waals surface area contributed by atoms with E-state index in [1.807, 2.05) is 67.5 Å². The van der Waals surface area contributed by atoms with E-state index in [9.17, 15) is 19.1 Å². The fourth-order valence-electron chi connectivity index (χ4n) is 4.44. The van der Waals surface area contributed by atoms with Gasteiger partial charge in [-0.15, -0.1) is 0 Å². The maximum absolute atomic E-state index is 13.9. The van der Waals surface area contributed by atoms with Crippen molar-refractivity contribution in [1.82, 2.24) is 9.88 Å². The van der Waals surface area contributed by atoms with Crippen LogP contribution in [0.3, 0.4) is 0 Å². The summed E-state index contributed by atoms with van der Waals surface area (Å²) in [5.41, 5.74) is 4.42. The van der Waals surface area contributed by atoms with Gasteiger partial charge in [-0.3, -0.25) is 9.59 Å². The number of hydrogen-bond acceptors (Lipinski definition) is 6. The number of anilines is 1. The number of aromatic amines is 1. The first-order chi connectivity index (χ1) is 19.2. The zero-order valence-electron chi connectivity index (χ0n) is 23.1. The molecular weight excluding hydrogens is 511 g/mol. The first-order valence-electron chi connectivity index (χ1n) is 12.9. The monoisotopic (exact) mass is 544 g/mol. The zero-order chi connectivity index (χ0) is 28.8. The molecule has 9 heteroatoms. The summed E-state index contributed by atoms with van der Waals surface area (Å²) in [4.78, 5) is 35.3. The lowest BCUT2D eigenvalue weighted by atomic mass is 9.98.